The number of carbonyl (C=O) groups is 1. The van der Waals surface area contributed by atoms with Gasteiger partial charge in [-0.25, -0.2) is 0 Å². The SMILES string of the molecule is COCC1(C(=O)NCCN2CCOCC2(C)C)CCNCC1. The van der Waals surface area contributed by atoms with E-state index in [1.165, 1.54) is 0 Å². The summed E-state index contributed by atoms with van der Waals surface area (Å²) < 4.78 is 10.9. The van der Waals surface area contributed by atoms with Crippen molar-refractivity contribution in [3.63, 3.8) is 0 Å². The Morgan fingerprint density at radius 2 is 2.09 bits per heavy atom. The number of piperidine rings is 1. The number of nitrogens with one attached hydrogen (secondary N) is 2. The maximum Gasteiger partial charge on any atom is 0.228 e. The fraction of sp³-hybridized carbons (Fsp3) is 0.938. The van der Waals surface area contributed by atoms with E-state index in [1.54, 1.807) is 7.11 Å². The molecule has 0 aromatic heterocycles. The molecule has 2 fully saturated rings. The number of hydrogen-bond acceptors (Lipinski definition) is 5. The molecule has 6 heteroatoms. The molecule has 2 aliphatic heterocycles. The monoisotopic (exact) mass is 313 g/mol. The topological polar surface area (TPSA) is 62.8 Å². The van der Waals surface area contributed by atoms with Crippen LogP contribution in [-0.4, -0.2) is 76.0 Å². The number of rotatable bonds is 6. The normalized spacial score (nSPS) is 24.9. The van der Waals surface area contributed by atoms with E-state index in [4.69, 9.17) is 9.47 Å². The summed E-state index contributed by atoms with van der Waals surface area (Å²) in [6, 6.07) is 0. The summed E-state index contributed by atoms with van der Waals surface area (Å²) in [7, 11) is 1.67. The van der Waals surface area contributed by atoms with Crippen molar-refractivity contribution in [2.45, 2.75) is 32.2 Å². The lowest BCUT2D eigenvalue weighted by Crippen LogP contribution is -2.56. The van der Waals surface area contributed by atoms with E-state index >= 15 is 0 Å². The summed E-state index contributed by atoms with van der Waals surface area (Å²) in [5.41, 5.74) is -0.317. The van der Waals surface area contributed by atoms with E-state index in [2.05, 4.69) is 29.4 Å². The molecule has 0 radical (unpaired) electrons. The third-order valence-electron chi connectivity index (χ3n) is 4.95. The van der Waals surface area contributed by atoms with Crippen LogP contribution in [0.15, 0.2) is 0 Å². The predicted octanol–water partition coefficient (Wildman–Crippen LogP) is 0.230. The lowest BCUT2D eigenvalue weighted by Gasteiger charge is -2.42. The molecule has 6 nitrogen and oxygen atoms in total. The number of morpholine rings is 1. The van der Waals surface area contributed by atoms with Crippen molar-refractivity contribution in [2.24, 2.45) is 5.41 Å². The standard InChI is InChI=1S/C16H31N3O3/c1-15(2)12-22-11-10-19(15)9-8-18-14(20)16(13-21-3)4-6-17-7-5-16/h17H,4-13H2,1-3H3,(H,18,20). The van der Waals surface area contributed by atoms with Crippen LogP contribution >= 0.6 is 0 Å². The van der Waals surface area contributed by atoms with Crippen LogP contribution in [-0.2, 0) is 14.3 Å². The fourth-order valence-electron chi connectivity index (χ4n) is 3.42. The summed E-state index contributed by atoms with van der Waals surface area (Å²) >= 11 is 0. The Kier molecular flexibility index (Phi) is 6.20. The number of amides is 1. The molecule has 2 saturated heterocycles. The van der Waals surface area contributed by atoms with E-state index < -0.39 is 0 Å². The molecule has 2 aliphatic rings. The largest absolute Gasteiger partial charge is 0.384 e. The molecular formula is C16H31N3O3. The molecule has 2 N–H and O–H groups in total. The Labute approximate surface area is 133 Å². The minimum Gasteiger partial charge on any atom is -0.384 e. The summed E-state index contributed by atoms with van der Waals surface area (Å²) in [5, 5.41) is 6.45. The molecule has 0 spiro atoms. The van der Waals surface area contributed by atoms with Gasteiger partial charge in [0.1, 0.15) is 0 Å². The maximum absolute atomic E-state index is 12.7. The number of ether oxygens (including phenoxy) is 2. The first kappa shape index (κ1) is 17.7. The summed E-state index contributed by atoms with van der Waals surface area (Å²) in [6.45, 7) is 10.6. The maximum atomic E-state index is 12.7. The Balaban J connectivity index is 1.83. The number of methoxy groups -OCH3 is 1. The molecule has 0 bridgehead atoms. The molecule has 0 saturated carbocycles. The van der Waals surface area contributed by atoms with Crippen LogP contribution in [0.25, 0.3) is 0 Å². The molecule has 128 valence electrons. The van der Waals surface area contributed by atoms with Crippen molar-refractivity contribution < 1.29 is 14.3 Å². The molecule has 0 aromatic carbocycles. The van der Waals surface area contributed by atoms with Crippen LogP contribution in [0.2, 0.25) is 0 Å². The first-order valence-corrected chi connectivity index (χ1v) is 8.31. The van der Waals surface area contributed by atoms with Gasteiger partial charge in [-0.05, 0) is 39.8 Å². The smallest absolute Gasteiger partial charge is 0.228 e. The molecule has 22 heavy (non-hydrogen) atoms. The molecule has 2 heterocycles. The van der Waals surface area contributed by atoms with Gasteiger partial charge in [0.25, 0.3) is 0 Å². The Morgan fingerprint density at radius 3 is 2.73 bits per heavy atom. The zero-order valence-electron chi connectivity index (χ0n) is 14.2. The molecule has 0 aromatic rings. The zero-order chi connectivity index (χ0) is 16.1. The highest BCUT2D eigenvalue weighted by Gasteiger charge is 2.39. The van der Waals surface area contributed by atoms with Crippen LogP contribution in [0.5, 0.6) is 0 Å². The third kappa shape index (κ3) is 4.19. The number of nitrogens with zero attached hydrogens (tertiary/aromatic N) is 1. The van der Waals surface area contributed by atoms with Gasteiger partial charge < -0.3 is 20.1 Å². The minimum absolute atomic E-state index is 0.0436. The van der Waals surface area contributed by atoms with Crippen molar-refractivity contribution in [1.82, 2.24) is 15.5 Å². The van der Waals surface area contributed by atoms with Crippen LogP contribution in [0, 0.1) is 5.41 Å². The quantitative estimate of drug-likeness (QED) is 0.735. The Bertz CT molecular complexity index is 362. The van der Waals surface area contributed by atoms with Crippen molar-refractivity contribution in [3.05, 3.63) is 0 Å². The lowest BCUT2D eigenvalue weighted by atomic mass is 9.78. The molecule has 1 amide bonds. The lowest BCUT2D eigenvalue weighted by molar-refractivity contribution is -0.136. The fourth-order valence-corrected chi connectivity index (χ4v) is 3.42. The second-order valence-corrected chi connectivity index (χ2v) is 7.07. The highest BCUT2D eigenvalue weighted by molar-refractivity contribution is 5.83. The van der Waals surface area contributed by atoms with Gasteiger partial charge in [0, 0.05) is 32.3 Å². The van der Waals surface area contributed by atoms with Crippen LogP contribution in [0.4, 0.5) is 0 Å². The highest BCUT2D eigenvalue weighted by atomic mass is 16.5. The molecule has 0 unspecified atom stereocenters. The highest BCUT2D eigenvalue weighted by Crippen LogP contribution is 2.29. The summed E-state index contributed by atoms with van der Waals surface area (Å²) in [4.78, 5) is 15.0. The summed E-state index contributed by atoms with van der Waals surface area (Å²) in [6.07, 6.45) is 1.69. The van der Waals surface area contributed by atoms with Gasteiger partial charge >= 0.3 is 0 Å². The van der Waals surface area contributed by atoms with Crippen molar-refractivity contribution in [1.29, 1.82) is 0 Å². The van der Waals surface area contributed by atoms with Crippen LogP contribution in [0.3, 0.4) is 0 Å². The average Bonchev–Trinajstić information content (AvgIpc) is 2.50. The van der Waals surface area contributed by atoms with E-state index in [0.717, 1.165) is 52.2 Å². The van der Waals surface area contributed by atoms with Crippen LogP contribution in [0.1, 0.15) is 26.7 Å². The van der Waals surface area contributed by atoms with E-state index in [0.29, 0.717) is 13.2 Å². The second-order valence-electron chi connectivity index (χ2n) is 7.07. The van der Waals surface area contributed by atoms with Gasteiger partial charge in [0.15, 0.2) is 0 Å². The van der Waals surface area contributed by atoms with Gasteiger partial charge in [-0.3, -0.25) is 9.69 Å². The zero-order valence-corrected chi connectivity index (χ0v) is 14.2. The number of carbonyl (C=O) groups excluding carboxylic acids is 1. The van der Waals surface area contributed by atoms with E-state index in [9.17, 15) is 4.79 Å². The Hall–Kier alpha value is -0.690. The van der Waals surface area contributed by atoms with Gasteiger partial charge in [-0.1, -0.05) is 0 Å². The first-order valence-electron chi connectivity index (χ1n) is 8.31. The molecule has 0 atom stereocenters. The van der Waals surface area contributed by atoms with Crippen LogP contribution < -0.4 is 10.6 Å². The first-order chi connectivity index (χ1) is 10.5. The van der Waals surface area contributed by atoms with Crippen molar-refractivity contribution >= 4 is 5.91 Å². The van der Waals surface area contributed by atoms with Gasteiger partial charge in [0.2, 0.25) is 5.91 Å². The van der Waals surface area contributed by atoms with E-state index in [1.807, 2.05) is 0 Å². The van der Waals surface area contributed by atoms with Gasteiger partial charge in [-0.2, -0.15) is 0 Å². The average molecular weight is 313 g/mol. The molecular weight excluding hydrogens is 282 g/mol. The van der Waals surface area contributed by atoms with Crippen molar-refractivity contribution in [3.8, 4) is 0 Å². The summed E-state index contributed by atoms with van der Waals surface area (Å²) in [5.74, 6) is 0.141. The van der Waals surface area contributed by atoms with E-state index in [-0.39, 0.29) is 16.9 Å². The Morgan fingerprint density at radius 1 is 1.36 bits per heavy atom. The van der Waals surface area contributed by atoms with Crippen molar-refractivity contribution in [2.75, 3.05) is 59.7 Å². The predicted molar refractivity (Wildman–Crippen MR) is 85.9 cm³/mol. The number of hydrogen-bond donors (Lipinski definition) is 2. The molecule has 2 rings (SSSR count). The van der Waals surface area contributed by atoms with Gasteiger partial charge in [-0.15, -0.1) is 0 Å². The molecule has 0 aliphatic carbocycles. The second kappa shape index (κ2) is 7.73. The third-order valence-corrected chi connectivity index (χ3v) is 4.95. The van der Waals surface area contributed by atoms with Gasteiger partial charge in [0.05, 0.1) is 25.2 Å². The minimum atomic E-state index is -0.361.